The van der Waals surface area contributed by atoms with Crippen LogP contribution in [0.2, 0.25) is 0 Å². The van der Waals surface area contributed by atoms with Gasteiger partial charge in [-0.05, 0) is 41.5 Å². The number of likely N-dealkylation sites (tertiary alicyclic amines) is 1. The number of hydrogen-bond donors (Lipinski definition) is 2. The Morgan fingerprint density at radius 2 is 1.61 bits per heavy atom. The van der Waals surface area contributed by atoms with Gasteiger partial charge in [-0.1, -0.05) is 62.4 Å². The quantitative estimate of drug-likeness (QED) is 0.668. The Kier molecular flexibility index (Phi) is 6.15. The summed E-state index contributed by atoms with van der Waals surface area (Å²) in [7, 11) is 0. The predicted molar refractivity (Wildman–Crippen MR) is 124 cm³/mol. The highest BCUT2D eigenvalue weighted by atomic mass is 16.5. The Labute approximate surface area is 193 Å². The molecule has 2 N–H and O–H groups in total. The zero-order chi connectivity index (χ0) is 23.8. The standard InChI is InChI=1S/C26H30N2O5/c1-16(2)12-22(23(29)28-14-26(3,15-28)24(30)31)27-25(32)33-13-21-19-10-6-4-8-17(19)18-9-5-7-11-20(18)21/h4-11,16,21-22H,12-15H2,1-3H3,(H,27,32)(H,30,31)/t22-/m0/s1. The minimum absolute atomic E-state index is 0.0611. The summed E-state index contributed by atoms with van der Waals surface area (Å²) < 4.78 is 5.60. The van der Waals surface area contributed by atoms with Crippen LogP contribution in [-0.2, 0) is 14.3 Å². The van der Waals surface area contributed by atoms with Crippen LogP contribution in [0.4, 0.5) is 4.79 Å². The van der Waals surface area contributed by atoms with Crippen molar-refractivity contribution in [3.05, 3.63) is 59.7 Å². The molecule has 0 bridgehead atoms. The molecule has 1 saturated heterocycles. The molecule has 2 aromatic rings. The van der Waals surface area contributed by atoms with Crippen LogP contribution >= 0.6 is 0 Å². The molecule has 0 saturated carbocycles. The molecule has 1 aliphatic carbocycles. The zero-order valence-corrected chi connectivity index (χ0v) is 19.2. The van der Waals surface area contributed by atoms with E-state index in [-0.39, 0.29) is 37.4 Å². The number of fused-ring (bicyclic) bond motifs is 3. The van der Waals surface area contributed by atoms with Gasteiger partial charge in [-0.2, -0.15) is 0 Å². The van der Waals surface area contributed by atoms with Gasteiger partial charge in [-0.3, -0.25) is 9.59 Å². The van der Waals surface area contributed by atoms with Crippen molar-refractivity contribution >= 4 is 18.0 Å². The van der Waals surface area contributed by atoms with Crippen LogP contribution in [0, 0.1) is 11.3 Å². The number of carbonyl (C=O) groups excluding carboxylic acids is 2. The highest BCUT2D eigenvalue weighted by molar-refractivity contribution is 5.89. The molecule has 0 spiro atoms. The number of rotatable bonds is 7. The molecule has 4 rings (SSSR count). The summed E-state index contributed by atoms with van der Waals surface area (Å²) in [6, 6.07) is 15.5. The topological polar surface area (TPSA) is 95.9 Å². The summed E-state index contributed by atoms with van der Waals surface area (Å²) in [4.78, 5) is 38.5. The first-order valence-corrected chi connectivity index (χ1v) is 11.3. The lowest BCUT2D eigenvalue weighted by Crippen LogP contribution is -2.64. The van der Waals surface area contributed by atoms with Crippen LogP contribution in [0.1, 0.15) is 44.2 Å². The Balaban J connectivity index is 1.40. The van der Waals surface area contributed by atoms with Gasteiger partial charge in [0.2, 0.25) is 5.91 Å². The summed E-state index contributed by atoms with van der Waals surface area (Å²) in [6.45, 7) is 6.01. The van der Waals surface area contributed by atoms with Crippen molar-refractivity contribution in [2.45, 2.75) is 39.2 Å². The molecule has 2 aliphatic rings. The molecular formula is C26H30N2O5. The number of alkyl carbamates (subject to hydrolysis) is 1. The predicted octanol–water partition coefficient (Wildman–Crippen LogP) is 3.87. The number of carboxylic acids is 1. The smallest absolute Gasteiger partial charge is 0.407 e. The Morgan fingerprint density at radius 1 is 1.06 bits per heavy atom. The van der Waals surface area contributed by atoms with E-state index in [1.807, 2.05) is 38.1 Å². The highest BCUT2D eigenvalue weighted by Crippen LogP contribution is 2.44. The molecule has 0 radical (unpaired) electrons. The third kappa shape index (κ3) is 4.45. The molecule has 33 heavy (non-hydrogen) atoms. The van der Waals surface area contributed by atoms with Gasteiger partial charge in [0.15, 0.2) is 0 Å². The van der Waals surface area contributed by atoms with E-state index in [0.29, 0.717) is 6.42 Å². The zero-order valence-electron chi connectivity index (χ0n) is 19.2. The number of nitrogens with one attached hydrogen (secondary N) is 1. The average Bonchev–Trinajstić information content (AvgIpc) is 3.08. The summed E-state index contributed by atoms with van der Waals surface area (Å²) in [5.74, 6) is -1.08. The van der Waals surface area contributed by atoms with E-state index in [1.54, 1.807) is 6.92 Å². The Morgan fingerprint density at radius 3 is 2.12 bits per heavy atom. The highest BCUT2D eigenvalue weighted by Gasteiger charge is 2.48. The minimum atomic E-state index is -0.929. The monoisotopic (exact) mass is 450 g/mol. The van der Waals surface area contributed by atoms with E-state index < -0.39 is 23.5 Å². The lowest BCUT2D eigenvalue weighted by atomic mass is 9.81. The third-order valence-electron chi connectivity index (χ3n) is 6.55. The Hall–Kier alpha value is -3.35. The summed E-state index contributed by atoms with van der Waals surface area (Å²) in [5.41, 5.74) is 3.61. The van der Waals surface area contributed by atoms with E-state index in [1.165, 1.54) is 4.90 Å². The molecule has 2 amide bonds. The van der Waals surface area contributed by atoms with Crippen molar-refractivity contribution in [3.63, 3.8) is 0 Å². The number of amides is 2. The van der Waals surface area contributed by atoms with E-state index >= 15 is 0 Å². The number of hydrogen-bond acceptors (Lipinski definition) is 4. The Bertz CT molecular complexity index is 1030. The van der Waals surface area contributed by atoms with E-state index in [4.69, 9.17) is 4.74 Å². The third-order valence-corrected chi connectivity index (χ3v) is 6.55. The number of carboxylic acid groups (broad SMARTS) is 1. The van der Waals surface area contributed by atoms with Gasteiger partial charge >= 0.3 is 12.1 Å². The second-order valence-electron chi connectivity index (χ2n) is 9.71. The second kappa shape index (κ2) is 8.89. The SMILES string of the molecule is CC(C)C[C@H](NC(=O)OCC1c2ccccc2-c2ccccc21)C(=O)N1CC(C)(C(=O)O)C1. The van der Waals surface area contributed by atoms with Gasteiger partial charge in [0.25, 0.3) is 0 Å². The fourth-order valence-electron chi connectivity index (χ4n) is 4.78. The minimum Gasteiger partial charge on any atom is -0.481 e. The molecule has 1 fully saturated rings. The van der Waals surface area contributed by atoms with Gasteiger partial charge in [0.1, 0.15) is 12.6 Å². The molecule has 7 heteroatoms. The number of nitrogens with zero attached hydrogens (tertiary/aromatic N) is 1. The van der Waals surface area contributed by atoms with Gasteiger partial charge < -0.3 is 20.1 Å². The van der Waals surface area contributed by atoms with E-state index in [2.05, 4.69) is 29.6 Å². The molecule has 0 aromatic heterocycles. The molecule has 1 aliphatic heterocycles. The van der Waals surface area contributed by atoms with Crippen LogP contribution in [-0.4, -0.2) is 53.7 Å². The lowest BCUT2D eigenvalue weighted by molar-refractivity contribution is -0.164. The molecule has 7 nitrogen and oxygen atoms in total. The van der Waals surface area contributed by atoms with E-state index in [9.17, 15) is 19.5 Å². The maximum absolute atomic E-state index is 13.0. The maximum atomic E-state index is 13.0. The lowest BCUT2D eigenvalue weighted by Gasteiger charge is -2.46. The van der Waals surface area contributed by atoms with Crippen molar-refractivity contribution in [1.29, 1.82) is 0 Å². The summed E-state index contributed by atoms with van der Waals surface area (Å²) in [6.07, 6.45) is -0.194. The number of aliphatic carboxylic acids is 1. The van der Waals surface area contributed by atoms with Crippen molar-refractivity contribution < 1.29 is 24.2 Å². The van der Waals surface area contributed by atoms with Gasteiger partial charge in [-0.15, -0.1) is 0 Å². The van der Waals surface area contributed by atoms with Crippen molar-refractivity contribution in [1.82, 2.24) is 10.2 Å². The number of carbonyl (C=O) groups is 3. The van der Waals surface area contributed by atoms with Crippen molar-refractivity contribution in [2.75, 3.05) is 19.7 Å². The molecule has 1 atom stereocenters. The first kappa shape index (κ1) is 22.8. The summed E-state index contributed by atoms with van der Waals surface area (Å²) in [5, 5.41) is 12.0. The maximum Gasteiger partial charge on any atom is 0.407 e. The van der Waals surface area contributed by atoms with Gasteiger partial charge in [-0.25, -0.2) is 4.79 Å². The molecule has 2 aromatic carbocycles. The average molecular weight is 451 g/mol. The fraction of sp³-hybridized carbons (Fsp3) is 0.423. The second-order valence-corrected chi connectivity index (χ2v) is 9.71. The molecule has 0 unspecified atom stereocenters. The normalized spacial score (nSPS) is 17.0. The largest absolute Gasteiger partial charge is 0.481 e. The van der Waals surface area contributed by atoms with Crippen LogP contribution in [0.5, 0.6) is 0 Å². The van der Waals surface area contributed by atoms with Crippen molar-refractivity contribution in [2.24, 2.45) is 11.3 Å². The fourth-order valence-corrected chi connectivity index (χ4v) is 4.78. The number of ether oxygens (including phenoxy) is 1. The van der Waals surface area contributed by atoms with Gasteiger partial charge in [0, 0.05) is 19.0 Å². The molecule has 174 valence electrons. The summed E-state index contributed by atoms with van der Waals surface area (Å²) >= 11 is 0. The van der Waals surface area contributed by atoms with Crippen LogP contribution in [0.15, 0.2) is 48.5 Å². The number of benzene rings is 2. The van der Waals surface area contributed by atoms with Crippen LogP contribution in [0.3, 0.4) is 0 Å². The first-order valence-electron chi connectivity index (χ1n) is 11.3. The van der Waals surface area contributed by atoms with Crippen LogP contribution in [0.25, 0.3) is 11.1 Å². The molecular weight excluding hydrogens is 420 g/mol. The molecule has 1 heterocycles. The van der Waals surface area contributed by atoms with Crippen molar-refractivity contribution in [3.8, 4) is 11.1 Å². The van der Waals surface area contributed by atoms with Gasteiger partial charge in [0.05, 0.1) is 5.41 Å². The van der Waals surface area contributed by atoms with E-state index in [0.717, 1.165) is 22.3 Å². The van der Waals surface area contributed by atoms with Crippen LogP contribution < -0.4 is 5.32 Å². The first-order chi connectivity index (χ1) is 15.7.